The average Bonchev–Trinajstić information content (AvgIpc) is 2.66. The second kappa shape index (κ2) is 6.95. The van der Waals surface area contributed by atoms with Crippen molar-refractivity contribution in [2.75, 3.05) is 34.2 Å². The van der Waals surface area contributed by atoms with Gasteiger partial charge in [0.2, 0.25) is 0 Å². The van der Waals surface area contributed by atoms with Crippen LogP contribution < -0.4 is 0 Å². The Hall–Kier alpha value is -0.810. The molecule has 0 unspecified atom stereocenters. The highest BCUT2D eigenvalue weighted by Crippen LogP contribution is 2.16. The van der Waals surface area contributed by atoms with Gasteiger partial charge in [0.1, 0.15) is 5.69 Å². The number of nitrogens with zero attached hydrogens (tertiary/aromatic N) is 3. The van der Waals surface area contributed by atoms with E-state index >= 15 is 0 Å². The minimum absolute atomic E-state index is 0.0796. The molecule has 1 aromatic rings. The molecule has 0 spiro atoms. The third-order valence-corrected chi connectivity index (χ3v) is 3.21. The quantitative estimate of drug-likeness (QED) is 0.806. The summed E-state index contributed by atoms with van der Waals surface area (Å²) in [4.78, 5) is 16.2. The number of hydrogen-bond donors (Lipinski definition) is 0. The molecule has 0 radical (unpaired) electrons. The Balaban J connectivity index is 2.76. The smallest absolute Gasteiger partial charge is 0.270 e. The van der Waals surface area contributed by atoms with Gasteiger partial charge in [0, 0.05) is 37.4 Å². The van der Waals surface area contributed by atoms with Gasteiger partial charge < -0.3 is 14.4 Å². The van der Waals surface area contributed by atoms with E-state index in [0.29, 0.717) is 0 Å². The zero-order valence-corrected chi connectivity index (χ0v) is 13.2. The second-order valence-electron chi connectivity index (χ2n) is 4.77. The standard InChI is InChI=1S/C13H22BrN3O/c1-5-6-17-10-11(14)9-12(17)13(18)16(4)8-7-15(2)3/h9-10H,5-8H2,1-4H3. The van der Waals surface area contributed by atoms with E-state index in [1.165, 1.54) is 0 Å². The lowest BCUT2D eigenvalue weighted by Gasteiger charge is -2.20. The van der Waals surface area contributed by atoms with Gasteiger partial charge in [-0.05, 0) is 42.5 Å². The maximum absolute atomic E-state index is 12.3. The lowest BCUT2D eigenvalue weighted by atomic mass is 10.3. The van der Waals surface area contributed by atoms with E-state index in [4.69, 9.17) is 0 Å². The fourth-order valence-corrected chi connectivity index (χ4v) is 2.19. The van der Waals surface area contributed by atoms with Crippen LogP contribution in [-0.4, -0.2) is 54.5 Å². The molecule has 1 rings (SSSR count). The van der Waals surface area contributed by atoms with Crippen molar-refractivity contribution in [3.8, 4) is 0 Å². The van der Waals surface area contributed by atoms with Gasteiger partial charge in [0.15, 0.2) is 0 Å². The van der Waals surface area contributed by atoms with Crippen LogP contribution in [0.4, 0.5) is 0 Å². The van der Waals surface area contributed by atoms with Crippen molar-refractivity contribution >= 4 is 21.8 Å². The zero-order chi connectivity index (χ0) is 13.7. The van der Waals surface area contributed by atoms with Crippen LogP contribution in [0.25, 0.3) is 0 Å². The molecule has 102 valence electrons. The normalized spacial score (nSPS) is 11.0. The van der Waals surface area contributed by atoms with E-state index in [1.54, 1.807) is 4.90 Å². The summed E-state index contributed by atoms with van der Waals surface area (Å²) in [5.74, 6) is 0.0796. The highest BCUT2D eigenvalue weighted by atomic mass is 79.9. The third kappa shape index (κ3) is 4.14. The number of halogens is 1. The zero-order valence-electron chi connectivity index (χ0n) is 11.6. The van der Waals surface area contributed by atoms with Gasteiger partial charge in [-0.15, -0.1) is 0 Å². The first-order chi connectivity index (χ1) is 8.45. The molecule has 0 bridgehead atoms. The monoisotopic (exact) mass is 315 g/mol. The van der Waals surface area contributed by atoms with Crippen LogP contribution in [-0.2, 0) is 6.54 Å². The van der Waals surface area contributed by atoms with Gasteiger partial charge in [-0.25, -0.2) is 0 Å². The van der Waals surface area contributed by atoms with Gasteiger partial charge in [-0.1, -0.05) is 6.92 Å². The molecule has 18 heavy (non-hydrogen) atoms. The van der Waals surface area contributed by atoms with Crippen LogP contribution in [0.5, 0.6) is 0 Å². The highest BCUT2D eigenvalue weighted by molar-refractivity contribution is 9.10. The summed E-state index contributed by atoms with van der Waals surface area (Å²) < 4.78 is 2.97. The Bertz CT molecular complexity index is 401. The third-order valence-electron chi connectivity index (χ3n) is 2.78. The van der Waals surface area contributed by atoms with Gasteiger partial charge in [0.05, 0.1) is 0 Å². The number of hydrogen-bond acceptors (Lipinski definition) is 2. The summed E-state index contributed by atoms with van der Waals surface area (Å²) in [5.41, 5.74) is 0.755. The van der Waals surface area contributed by atoms with Gasteiger partial charge in [0.25, 0.3) is 5.91 Å². The topological polar surface area (TPSA) is 28.5 Å². The molecular formula is C13H22BrN3O. The Morgan fingerprint density at radius 2 is 2.00 bits per heavy atom. The highest BCUT2D eigenvalue weighted by Gasteiger charge is 2.16. The Morgan fingerprint density at radius 1 is 1.33 bits per heavy atom. The van der Waals surface area contributed by atoms with Gasteiger partial charge in [-0.2, -0.15) is 0 Å². The van der Waals surface area contributed by atoms with Crippen molar-refractivity contribution < 1.29 is 4.79 Å². The fraction of sp³-hybridized carbons (Fsp3) is 0.615. The van der Waals surface area contributed by atoms with Crippen molar-refractivity contribution in [1.82, 2.24) is 14.4 Å². The summed E-state index contributed by atoms with van der Waals surface area (Å²) in [7, 11) is 5.87. The number of carbonyl (C=O) groups excluding carboxylic acids is 1. The minimum Gasteiger partial charge on any atom is -0.342 e. The molecule has 1 aromatic heterocycles. The number of aromatic nitrogens is 1. The lowest BCUT2D eigenvalue weighted by molar-refractivity contribution is 0.0775. The largest absolute Gasteiger partial charge is 0.342 e. The minimum atomic E-state index is 0.0796. The van der Waals surface area contributed by atoms with E-state index < -0.39 is 0 Å². The first-order valence-electron chi connectivity index (χ1n) is 6.21. The molecule has 4 nitrogen and oxygen atoms in total. The fourth-order valence-electron chi connectivity index (χ4n) is 1.73. The summed E-state index contributed by atoms with van der Waals surface area (Å²) >= 11 is 3.43. The number of rotatable bonds is 6. The molecule has 0 N–H and O–H groups in total. The van der Waals surface area contributed by atoms with Crippen molar-refractivity contribution in [2.24, 2.45) is 0 Å². The van der Waals surface area contributed by atoms with Crippen LogP contribution in [0.3, 0.4) is 0 Å². The lowest BCUT2D eigenvalue weighted by Crippen LogP contribution is -2.34. The predicted molar refractivity (Wildman–Crippen MR) is 77.9 cm³/mol. The summed E-state index contributed by atoms with van der Waals surface area (Å²) in [6.07, 6.45) is 2.99. The van der Waals surface area contributed by atoms with Crippen molar-refractivity contribution in [3.05, 3.63) is 22.4 Å². The molecule has 0 aliphatic carbocycles. The summed E-state index contributed by atoms with van der Waals surface area (Å²) in [5, 5.41) is 0. The van der Waals surface area contributed by atoms with Crippen molar-refractivity contribution in [3.63, 3.8) is 0 Å². The van der Waals surface area contributed by atoms with Crippen LogP contribution >= 0.6 is 15.9 Å². The van der Waals surface area contributed by atoms with E-state index in [2.05, 4.69) is 27.8 Å². The van der Waals surface area contributed by atoms with Crippen LogP contribution in [0.2, 0.25) is 0 Å². The van der Waals surface area contributed by atoms with Gasteiger partial charge >= 0.3 is 0 Å². The Kier molecular flexibility index (Phi) is 5.88. The average molecular weight is 316 g/mol. The Morgan fingerprint density at radius 3 is 2.56 bits per heavy atom. The molecule has 0 aliphatic heterocycles. The maximum Gasteiger partial charge on any atom is 0.270 e. The van der Waals surface area contributed by atoms with Crippen LogP contribution in [0.15, 0.2) is 16.7 Å². The second-order valence-corrected chi connectivity index (χ2v) is 5.68. The molecular weight excluding hydrogens is 294 g/mol. The SMILES string of the molecule is CCCn1cc(Br)cc1C(=O)N(C)CCN(C)C. The molecule has 1 heterocycles. The molecule has 0 aromatic carbocycles. The summed E-state index contributed by atoms with van der Waals surface area (Å²) in [6, 6.07) is 1.89. The predicted octanol–water partition coefficient (Wildman–Crippen LogP) is 2.29. The number of likely N-dealkylation sites (N-methyl/N-ethyl adjacent to an activating group) is 2. The molecule has 0 atom stereocenters. The molecule has 5 heteroatoms. The van der Waals surface area contributed by atoms with E-state index in [-0.39, 0.29) is 5.91 Å². The number of amides is 1. The van der Waals surface area contributed by atoms with E-state index in [9.17, 15) is 4.79 Å². The van der Waals surface area contributed by atoms with E-state index in [0.717, 1.165) is 36.2 Å². The van der Waals surface area contributed by atoms with Crippen molar-refractivity contribution in [1.29, 1.82) is 0 Å². The maximum atomic E-state index is 12.3. The molecule has 0 saturated heterocycles. The van der Waals surface area contributed by atoms with Gasteiger partial charge in [-0.3, -0.25) is 4.79 Å². The number of carbonyl (C=O) groups is 1. The van der Waals surface area contributed by atoms with Crippen molar-refractivity contribution in [2.45, 2.75) is 19.9 Å². The Labute approximate surface area is 118 Å². The first kappa shape index (κ1) is 15.2. The molecule has 0 saturated carbocycles. The molecule has 0 fully saturated rings. The van der Waals surface area contributed by atoms with Crippen LogP contribution in [0.1, 0.15) is 23.8 Å². The van der Waals surface area contributed by atoms with E-state index in [1.807, 2.05) is 38.0 Å². The molecule has 0 aliphatic rings. The summed E-state index contributed by atoms with van der Waals surface area (Å²) in [6.45, 7) is 4.59. The number of aryl methyl sites for hydroxylation is 1. The van der Waals surface area contributed by atoms with Crippen LogP contribution in [0, 0.1) is 0 Å². The first-order valence-corrected chi connectivity index (χ1v) is 7.00. The molecule has 1 amide bonds.